The molecule has 0 spiro atoms. The topological polar surface area (TPSA) is 63.8 Å². The van der Waals surface area contributed by atoms with Crippen LogP contribution >= 0.6 is 11.5 Å². The second-order valence-corrected chi connectivity index (χ2v) is 5.41. The van der Waals surface area contributed by atoms with E-state index in [1.54, 1.807) is 6.20 Å². The maximum atomic E-state index is 10.6. The van der Waals surface area contributed by atoms with Crippen molar-refractivity contribution in [3.05, 3.63) is 42.0 Å². The number of fused-ring (bicyclic) bond motifs is 1. The number of nitrogens with zero attached hydrogens (tertiary/aromatic N) is 4. The molecule has 0 aliphatic heterocycles. The Hall–Kier alpha value is -1.79. The number of aliphatic hydroxyl groups excluding tert-OH is 1. The summed E-state index contributed by atoms with van der Waals surface area (Å²) in [5.41, 5.74) is 1.62. The summed E-state index contributed by atoms with van der Waals surface area (Å²) in [6.07, 6.45) is 2.83. The molecular weight excluding hydrogens is 260 g/mol. The summed E-state index contributed by atoms with van der Waals surface area (Å²) in [5.74, 6) is 0.649. The fourth-order valence-corrected chi connectivity index (χ4v) is 2.85. The zero-order valence-corrected chi connectivity index (χ0v) is 11.5. The maximum Gasteiger partial charge on any atom is 0.142 e. The predicted octanol–water partition coefficient (Wildman–Crippen LogP) is 2.55. The molecule has 0 radical (unpaired) electrons. The monoisotopic (exact) mass is 274 g/mol. The molecule has 1 atom stereocenters. The molecule has 98 valence electrons. The molecule has 2 aromatic heterocycles. The number of benzene rings is 1. The summed E-state index contributed by atoms with van der Waals surface area (Å²) in [6, 6.07) is 5.92. The lowest BCUT2D eigenvalue weighted by molar-refractivity contribution is 0.204. The quantitative estimate of drug-likeness (QED) is 0.797. The van der Waals surface area contributed by atoms with Gasteiger partial charge >= 0.3 is 0 Å². The lowest BCUT2D eigenvalue weighted by Crippen LogP contribution is -2.11. The first kappa shape index (κ1) is 12.3. The molecule has 0 aliphatic rings. The maximum absolute atomic E-state index is 10.6. The van der Waals surface area contributed by atoms with E-state index in [4.69, 9.17) is 0 Å². The number of hydrogen-bond donors (Lipinski definition) is 1. The van der Waals surface area contributed by atoms with Crippen LogP contribution in [-0.2, 0) is 0 Å². The van der Waals surface area contributed by atoms with E-state index in [1.807, 2.05) is 29.0 Å². The van der Waals surface area contributed by atoms with Gasteiger partial charge in [-0.25, -0.2) is 4.98 Å². The van der Waals surface area contributed by atoms with E-state index >= 15 is 0 Å². The van der Waals surface area contributed by atoms with E-state index in [0.29, 0.717) is 5.82 Å². The van der Waals surface area contributed by atoms with Gasteiger partial charge in [-0.1, -0.05) is 16.6 Å². The molecule has 0 saturated heterocycles. The van der Waals surface area contributed by atoms with Gasteiger partial charge in [0.2, 0.25) is 0 Å². The van der Waals surface area contributed by atoms with Gasteiger partial charge in [-0.3, -0.25) is 0 Å². The molecule has 19 heavy (non-hydrogen) atoms. The minimum absolute atomic E-state index is 0.255. The largest absolute Gasteiger partial charge is 0.380 e. The van der Waals surface area contributed by atoms with E-state index in [9.17, 15) is 5.11 Å². The second kappa shape index (κ2) is 4.71. The number of hydrogen-bond acceptors (Lipinski definition) is 5. The molecule has 1 aromatic carbocycles. The molecule has 0 amide bonds. The van der Waals surface area contributed by atoms with E-state index < -0.39 is 6.10 Å². The van der Waals surface area contributed by atoms with Crippen molar-refractivity contribution in [3.63, 3.8) is 0 Å². The summed E-state index contributed by atoms with van der Waals surface area (Å²) < 4.78 is 6.82. The molecule has 3 rings (SSSR count). The fourth-order valence-electron chi connectivity index (χ4n) is 2.15. The molecular formula is C13H14N4OS. The zero-order valence-electron chi connectivity index (χ0n) is 10.7. The average molecular weight is 274 g/mol. The van der Waals surface area contributed by atoms with Gasteiger partial charge in [-0.05, 0) is 31.4 Å². The van der Waals surface area contributed by atoms with Crippen molar-refractivity contribution in [2.24, 2.45) is 0 Å². The highest BCUT2D eigenvalue weighted by atomic mass is 32.1. The normalized spacial score (nSPS) is 13.3. The van der Waals surface area contributed by atoms with Gasteiger partial charge in [0.15, 0.2) is 0 Å². The lowest BCUT2D eigenvalue weighted by Gasteiger charge is -2.16. The predicted molar refractivity (Wildman–Crippen MR) is 74.1 cm³/mol. The van der Waals surface area contributed by atoms with Crippen molar-refractivity contribution in [1.82, 2.24) is 19.1 Å². The molecule has 0 saturated carbocycles. The van der Waals surface area contributed by atoms with Crippen LogP contribution in [0.4, 0.5) is 0 Å². The van der Waals surface area contributed by atoms with Crippen LogP contribution < -0.4 is 0 Å². The molecule has 0 bridgehead atoms. The van der Waals surface area contributed by atoms with Crippen LogP contribution in [0.5, 0.6) is 0 Å². The fraction of sp³-hybridized carbons (Fsp3) is 0.308. The Bertz CT molecular complexity index is 703. The van der Waals surface area contributed by atoms with Gasteiger partial charge in [-0.15, -0.1) is 5.10 Å². The highest BCUT2D eigenvalue weighted by molar-refractivity contribution is 7.13. The van der Waals surface area contributed by atoms with E-state index in [-0.39, 0.29) is 6.04 Å². The van der Waals surface area contributed by atoms with Crippen LogP contribution in [0.1, 0.15) is 37.4 Å². The molecule has 6 heteroatoms. The molecule has 1 N–H and O–H groups in total. The van der Waals surface area contributed by atoms with Crippen LogP contribution in [0, 0.1) is 0 Å². The first-order valence-electron chi connectivity index (χ1n) is 6.10. The van der Waals surface area contributed by atoms with Gasteiger partial charge in [-0.2, -0.15) is 0 Å². The van der Waals surface area contributed by atoms with E-state index in [0.717, 1.165) is 15.8 Å². The molecule has 0 fully saturated rings. The van der Waals surface area contributed by atoms with Crippen molar-refractivity contribution in [2.75, 3.05) is 0 Å². The highest BCUT2D eigenvalue weighted by Gasteiger charge is 2.20. The summed E-state index contributed by atoms with van der Waals surface area (Å²) in [5, 5.41) is 14.6. The Labute approximate surface area is 114 Å². The Morgan fingerprint density at radius 3 is 2.95 bits per heavy atom. The van der Waals surface area contributed by atoms with Crippen molar-refractivity contribution in [2.45, 2.75) is 26.0 Å². The third kappa shape index (κ3) is 2.02. The zero-order chi connectivity index (χ0) is 13.4. The average Bonchev–Trinajstić information content (AvgIpc) is 3.05. The number of rotatable bonds is 3. The van der Waals surface area contributed by atoms with Crippen LogP contribution in [-0.4, -0.2) is 24.2 Å². The van der Waals surface area contributed by atoms with Gasteiger partial charge in [0, 0.05) is 24.0 Å². The van der Waals surface area contributed by atoms with Crippen LogP contribution in [0.2, 0.25) is 0 Å². The molecule has 3 aromatic rings. The molecule has 1 unspecified atom stereocenters. The van der Waals surface area contributed by atoms with Gasteiger partial charge in [0.1, 0.15) is 17.4 Å². The van der Waals surface area contributed by atoms with Gasteiger partial charge in [0.05, 0.1) is 4.70 Å². The number of aliphatic hydroxyl groups is 1. The van der Waals surface area contributed by atoms with Crippen molar-refractivity contribution < 1.29 is 5.11 Å². The summed E-state index contributed by atoms with van der Waals surface area (Å²) >= 11 is 1.30. The third-order valence-corrected chi connectivity index (χ3v) is 3.89. The van der Waals surface area contributed by atoms with E-state index in [1.165, 1.54) is 11.5 Å². The Balaban J connectivity index is 2.11. The van der Waals surface area contributed by atoms with Gasteiger partial charge < -0.3 is 9.67 Å². The minimum atomic E-state index is -0.761. The molecule has 5 nitrogen and oxygen atoms in total. The smallest absolute Gasteiger partial charge is 0.142 e. The second-order valence-electron chi connectivity index (χ2n) is 4.66. The molecule has 0 aliphatic carbocycles. The number of aromatic nitrogens is 4. The SMILES string of the molecule is CC(C)n1ccnc1C(O)c1cccc2nnsc12. The standard InChI is InChI=1S/C13H14N4OS/c1-8(2)17-7-6-14-13(17)11(18)9-4-3-5-10-12(9)19-16-15-10/h3-8,11,18H,1-2H3. The Morgan fingerprint density at radius 2 is 2.16 bits per heavy atom. The van der Waals surface area contributed by atoms with Crippen molar-refractivity contribution in [1.29, 1.82) is 0 Å². The highest BCUT2D eigenvalue weighted by Crippen LogP contribution is 2.30. The van der Waals surface area contributed by atoms with Crippen LogP contribution in [0.25, 0.3) is 10.2 Å². The first-order valence-corrected chi connectivity index (χ1v) is 6.87. The third-order valence-electron chi connectivity index (χ3n) is 3.10. The summed E-state index contributed by atoms with van der Waals surface area (Å²) in [6.45, 7) is 4.12. The summed E-state index contributed by atoms with van der Waals surface area (Å²) in [7, 11) is 0. The van der Waals surface area contributed by atoms with Gasteiger partial charge in [0.25, 0.3) is 0 Å². The van der Waals surface area contributed by atoms with Crippen molar-refractivity contribution >= 4 is 21.7 Å². The first-order chi connectivity index (χ1) is 9.18. The van der Waals surface area contributed by atoms with Crippen LogP contribution in [0.15, 0.2) is 30.6 Å². The van der Waals surface area contributed by atoms with Crippen molar-refractivity contribution in [3.8, 4) is 0 Å². The Kier molecular flexibility index (Phi) is 3.04. The lowest BCUT2D eigenvalue weighted by atomic mass is 10.1. The summed E-state index contributed by atoms with van der Waals surface area (Å²) in [4.78, 5) is 4.28. The number of imidazole rings is 1. The van der Waals surface area contributed by atoms with E-state index in [2.05, 4.69) is 28.4 Å². The van der Waals surface area contributed by atoms with Crippen LogP contribution in [0.3, 0.4) is 0 Å². The Morgan fingerprint density at radius 1 is 1.32 bits per heavy atom. The molecule has 2 heterocycles. The minimum Gasteiger partial charge on any atom is -0.380 e.